The summed E-state index contributed by atoms with van der Waals surface area (Å²) in [5.74, 6) is -0.424. The van der Waals surface area contributed by atoms with Crippen molar-refractivity contribution < 1.29 is 27.7 Å². The average Bonchev–Trinajstić information content (AvgIpc) is 3.21. The number of benzene rings is 1. The normalized spacial score (nSPS) is 15.8. The minimum absolute atomic E-state index is 0.0547. The van der Waals surface area contributed by atoms with Crippen LogP contribution in [-0.4, -0.2) is 31.6 Å². The fraction of sp³-hybridized carbons (Fsp3) is 0.467. The van der Waals surface area contributed by atoms with E-state index in [4.69, 9.17) is 0 Å². The quantitative estimate of drug-likeness (QED) is 0.745. The van der Waals surface area contributed by atoms with E-state index in [1.807, 2.05) is 0 Å². The predicted molar refractivity (Wildman–Crippen MR) is 76.6 cm³/mol. The molecule has 1 unspecified atom stereocenters. The van der Waals surface area contributed by atoms with Crippen LogP contribution in [0.25, 0.3) is 0 Å². The van der Waals surface area contributed by atoms with Gasteiger partial charge in [-0.05, 0) is 25.0 Å². The van der Waals surface area contributed by atoms with Gasteiger partial charge in [-0.1, -0.05) is 12.1 Å². The second-order valence-electron chi connectivity index (χ2n) is 5.80. The Balaban J connectivity index is 1.78. The van der Waals surface area contributed by atoms with Crippen molar-refractivity contribution >= 4 is 11.9 Å². The number of likely N-dealkylation sites (N-methyl/N-ethyl adjacent to an activating group) is 1. The Kier molecular flexibility index (Phi) is 5.25. The van der Waals surface area contributed by atoms with Gasteiger partial charge in [-0.2, -0.15) is 13.2 Å². The van der Waals surface area contributed by atoms with Crippen LogP contribution in [0.3, 0.4) is 0 Å². The molecule has 1 fully saturated rings. The second-order valence-corrected chi connectivity index (χ2v) is 5.80. The summed E-state index contributed by atoms with van der Waals surface area (Å²) in [4.78, 5) is 23.9. The van der Waals surface area contributed by atoms with E-state index in [0.717, 1.165) is 29.9 Å². The number of imide groups is 1. The maximum Gasteiger partial charge on any atom is 0.416 e. The van der Waals surface area contributed by atoms with Gasteiger partial charge in [0.05, 0.1) is 12.6 Å². The summed E-state index contributed by atoms with van der Waals surface area (Å²) >= 11 is 0. The molecular formula is C15H19F3N3O2+. The monoisotopic (exact) mass is 330 g/mol. The molecule has 1 aliphatic carbocycles. The van der Waals surface area contributed by atoms with Crippen molar-refractivity contribution in [1.29, 1.82) is 0 Å². The summed E-state index contributed by atoms with van der Waals surface area (Å²) in [6.07, 6.45) is -2.49. The number of rotatable bonds is 5. The molecule has 126 valence electrons. The zero-order valence-corrected chi connectivity index (χ0v) is 12.7. The third-order valence-electron chi connectivity index (χ3n) is 3.42. The summed E-state index contributed by atoms with van der Waals surface area (Å²) in [5, 5.41) is 4.88. The van der Waals surface area contributed by atoms with Crippen molar-refractivity contribution in [2.75, 3.05) is 13.6 Å². The van der Waals surface area contributed by atoms with Gasteiger partial charge in [-0.15, -0.1) is 0 Å². The minimum Gasteiger partial charge on any atom is -0.335 e. The van der Waals surface area contributed by atoms with E-state index in [9.17, 15) is 22.8 Å². The van der Waals surface area contributed by atoms with Crippen molar-refractivity contribution in [1.82, 2.24) is 10.6 Å². The van der Waals surface area contributed by atoms with E-state index in [0.29, 0.717) is 12.1 Å². The van der Waals surface area contributed by atoms with Crippen LogP contribution >= 0.6 is 0 Å². The predicted octanol–water partition coefficient (Wildman–Crippen LogP) is 0.708. The number of hydrogen-bond donors (Lipinski definition) is 3. The number of carbonyl (C=O) groups excluding carboxylic acids is 2. The molecule has 0 bridgehead atoms. The van der Waals surface area contributed by atoms with Crippen molar-refractivity contribution in [3.8, 4) is 0 Å². The lowest BCUT2D eigenvalue weighted by atomic mass is 10.1. The first-order valence-corrected chi connectivity index (χ1v) is 7.32. The number of quaternary nitrogens is 1. The molecule has 23 heavy (non-hydrogen) atoms. The van der Waals surface area contributed by atoms with Crippen LogP contribution in [-0.2, 0) is 17.5 Å². The van der Waals surface area contributed by atoms with Gasteiger partial charge in [-0.3, -0.25) is 10.1 Å². The van der Waals surface area contributed by atoms with Crippen molar-refractivity contribution in [3.05, 3.63) is 35.4 Å². The maximum absolute atomic E-state index is 12.5. The third kappa shape index (κ3) is 5.90. The van der Waals surface area contributed by atoms with E-state index in [2.05, 4.69) is 10.6 Å². The van der Waals surface area contributed by atoms with Crippen LogP contribution in [0, 0.1) is 0 Å². The largest absolute Gasteiger partial charge is 0.416 e. The Morgan fingerprint density at radius 3 is 2.35 bits per heavy atom. The number of hydrogen-bond acceptors (Lipinski definition) is 2. The van der Waals surface area contributed by atoms with Crippen LogP contribution in [0.15, 0.2) is 24.3 Å². The van der Waals surface area contributed by atoms with E-state index in [1.165, 1.54) is 12.1 Å². The fourth-order valence-electron chi connectivity index (χ4n) is 2.12. The van der Waals surface area contributed by atoms with E-state index >= 15 is 0 Å². The molecule has 0 aliphatic heterocycles. The molecule has 3 N–H and O–H groups in total. The van der Waals surface area contributed by atoms with Gasteiger partial charge >= 0.3 is 12.2 Å². The molecule has 1 aliphatic rings. The topological polar surface area (TPSA) is 62.6 Å². The number of amides is 3. The lowest BCUT2D eigenvalue weighted by Crippen LogP contribution is -3.09. The molecule has 0 radical (unpaired) electrons. The molecule has 2 rings (SSSR count). The molecular weight excluding hydrogens is 311 g/mol. The highest BCUT2D eigenvalue weighted by Crippen LogP contribution is 2.28. The maximum atomic E-state index is 12.5. The van der Waals surface area contributed by atoms with Crippen LogP contribution in [0.4, 0.5) is 18.0 Å². The molecule has 1 atom stereocenters. The number of halogens is 3. The van der Waals surface area contributed by atoms with Gasteiger partial charge in [0.2, 0.25) is 0 Å². The Hall–Kier alpha value is -2.09. The molecule has 3 amide bonds. The summed E-state index contributed by atoms with van der Waals surface area (Å²) in [5.41, 5.74) is -0.0147. The van der Waals surface area contributed by atoms with Crippen molar-refractivity contribution in [2.45, 2.75) is 31.6 Å². The summed E-state index contributed by atoms with van der Waals surface area (Å²) in [6.45, 7) is 0.439. The van der Waals surface area contributed by atoms with Crippen molar-refractivity contribution in [2.24, 2.45) is 0 Å². The molecule has 5 nitrogen and oxygen atoms in total. The molecule has 8 heteroatoms. The van der Waals surface area contributed by atoms with E-state index in [-0.39, 0.29) is 12.6 Å². The van der Waals surface area contributed by atoms with Crippen molar-refractivity contribution in [3.63, 3.8) is 0 Å². The van der Waals surface area contributed by atoms with Crippen LogP contribution in [0.1, 0.15) is 24.0 Å². The van der Waals surface area contributed by atoms with Crippen LogP contribution < -0.4 is 15.5 Å². The Morgan fingerprint density at radius 2 is 1.83 bits per heavy atom. The van der Waals surface area contributed by atoms with Gasteiger partial charge in [0, 0.05) is 11.6 Å². The van der Waals surface area contributed by atoms with Gasteiger partial charge in [-0.25, -0.2) is 4.79 Å². The first kappa shape index (κ1) is 17.3. The summed E-state index contributed by atoms with van der Waals surface area (Å²) < 4.78 is 37.4. The summed E-state index contributed by atoms with van der Waals surface area (Å²) in [6, 6.07) is 4.49. The zero-order valence-electron chi connectivity index (χ0n) is 12.7. The first-order valence-electron chi connectivity index (χ1n) is 7.32. The molecule has 0 heterocycles. The molecule has 0 saturated heterocycles. The number of urea groups is 1. The standard InChI is InChI=1S/C15H18F3N3O2/c1-21(9-13(22)20-14(23)19-12-6-7-12)8-10-2-4-11(5-3-10)15(16,17)18/h2-5,12H,6-9H2,1H3,(H2,19,20,22,23)/p+1. The Morgan fingerprint density at radius 1 is 1.22 bits per heavy atom. The number of carbonyl (C=O) groups is 2. The van der Waals surface area contributed by atoms with Gasteiger partial charge in [0.25, 0.3) is 5.91 Å². The molecule has 1 aromatic carbocycles. The van der Waals surface area contributed by atoms with Gasteiger partial charge < -0.3 is 10.2 Å². The smallest absolute Gasteiger partial charge is 0.335 e. The molecule has 1 saturated carbocycles. The highest BCUT2D eigenvalue weighted by molar-refractivity contribution is 5.94. The second kappa shape index (κ2) is 6.99. The fourth-order valence-corrected chi connectivity index (χ4v) is 2.12. The highest BCUT2D eigenvalue weighted by Gasteiger charge is 2.30. The summed E-state index contributed by atoms with van der Waals surface area (Å²) in [7, 11) is 1.73. The molecule has 1 aromatic rings. The van der Waals surface area contributed by atoms with E-state index in [1.54, 1.807) is 7.05 Å². The van der Waals surface area contributed by atoms with Gasteiger partial charge in [0.15, 0.2) is 6.54 Å². The molecule has 0 spiro atoms. The lowest BCUT2D eigenvalue weighted by Gasteiger charge is -2.14. The first-order chi connectivity index (χ1) is 10.7. The number of alkyl halides is 3. The Bertz CT molecular complexity index is 568. The van der Waals surface area contributed by atoms with E-state index < -0.39 is 23.7 Å². The number of nitrogens with one attached hydrogen (secondary N) is 3. The molecule has 0 aromatic heterocycles. The third-order valence-corrected chi connectivity index (χ3v) is 3.42. The van der Waals surface area contributed by atoms with Gasteiger partial charge in [0.1, 0.15) is 6.54 Å². The SMILES string of the molecule is C[NH+](CC(=O)NC(=O)NC1CC1)Cc1ccc(C(F)(F)F)cc1. The lowest BCUT2D eigenvalue weighted by molar-refractivity contribution is -0.885. The minimum atomic E-state index is -4.36. The van der Waals surface area contributed by atoms with Crippen LogP contribution in [0.2, 0.25) is 0 Å². The average molecular weight is 330 g/mol. The van der Waals surface area contributed by atoms with Crippen LogP contribution in [0.5, 0.6) is 0 Å². The zero-order chi connectivity index (χ0) is 17.0. The highest BCUT2D eigenvalue weighted by atomic mass is 19.4. The Labute approximate surface area is 131 Å².